The standard InChI is InChI=1S/C53H48N2O9S2/c1-3-54(36-38-14-7-5-8-15-38)43-26-22-40(23-27-43)52(48-20-11-12-21-50(48)66(61,62)63)41-24-28-44(29-25-41)55(4-2)37-39-16-13-19-46(34-39)65(59,60)33-32-51(57)64-45-30-31-47(49(56)35-45)53(58)42-17-9-6-10-18-42/h5-31,34-35H,3-4,32-33,36-37H2,1-2H3,(H-,56,58,61,62,63)/p+1. The van der Waals surface area contributed by atoms with Gasteiger partial charge in [-0.2, -0.15) is 8.42 Å². The predicted molar refractivity (Wildman–Crippen MR) is 256 cm³/mol. The van der Waals surface area contributed by atoms with Crippen molar-refractivity contribution in [3.63, 3.8) is 0 Å². The minimum absolute atomic E-state index is 0.0292. The Morgan fingerprint density at radius 3 is 1.97 bits per heavy atom. The van der Waals surface area contributed by atoms with Crippen LogP contribution < -0.4 is 9.64 Å². The average Bonchev–Trinajstić information content (AvgIpc) is 3.33. The van der Waals surface area contributed by atoms with Crippen LogP contribution in [0.5, 0.6) is 11.5 Å². The third-order valence-corrected chi connectivity index (χ3v) is 13.8. The highest BCUT2D eigenvalue weighted by Crippen LogP contribution is 2.35. The molecule has 7 rings (SSSR count). The van der Waals surface area contributed by atoms with Crippen LogP contribution in [0.2, 0.25) is 0 Å². The first-order valence-electron chi connectivity index (χ1n) is 21.4. The van der Waals surface area contributed by atoms with Crippen LogP contribution in [0.1, 0.15) is 58.4 Å². The summed E-state index contributed by atoms with van der Waals surface area (Å²) in [6.07, 6.45) is 7.19. The second kappa shape index (κ2) is 20.8. The summed E-state index contributed by atoms with van der Waals surface area (Å²) in [6, 6.07) is 43.3. The maximum Gasteiger partial charge on any atom is 0.312 e. The van der Waals surface area contributed by atoms with Crippen LogP contribution in [-0.2, 0) is 37.8 Å². The Labute approximate surface area is 385 Å². The topological polar surface area (TPSA) is 158 Å². The van der Waals surface area contributed by atoms with E-state index >= 15 is 0 Å². The van der Waals surface area contributed by atoms with Crippen molar-refractivity contribution in [1.82, 2.24) is 0 Å². The van der Waals surface area contributed by atoms with E-state index in [2.05, 4.69) is 28.5 Å². The molecule has 66 heavy (non-hydrogen) atoms. The zero-order valence-electron chi connectivity index (χ0n) is 36.4. The Hall–Kier alpha value is -7.19. The van der Waals surface area contributed by atoms with Crippen LogP contribution in [0, 0.1) is 0 Å². The molecule has 0 saturated heterocycles. The van der Waals surface area contributed by atoms with E-state index in [-0.39, 0.29) is 26.9 Å². The van der Waals surface area contributed by atoms with E-state index in [1.807, 2.05) is 79.8 Å². The van der Waals surface area contributed by atoms with Gasteiger partial charge in [0, 0.05) is 53.7 Å². The van der Waals surface area contributed by atoms with Gasteiger partial charge < -0.3 is 14.7 Å². The van der Waals surface area contributed by atoms with Gasteiger partial charge in [-0.3, -0.25) is 14.1 Å². The summed E-state index contributed by atoms with van der Waals surface area (Å²) in [4.78, 5) is 27.6. The molecule has 0 heterocycles. The van der Waals surface area contributed by atoms with Crippen LogP contribution in [0.4, 0.5) is 5.69 Å². The number of carbonyl (C=O) groups is 2. The average molecular weight is 922 g/mol. The van der Waals surface area contributed by atoms with Gasteiger partial charge in [0.15, 0.2) is 27.9 Å². The Kier molecular flexibility index (Phi) is 14.7. The van der Waals surface area contributed by atoms with Gasteiger partial charge in [-0.05, 0) is 90.7 Å². The second-order valence-electron chi connectivity index (χ2n) is 15.5. The molecule has 0 unspecified atom stereocenters. The molecule has 0 spiro atoms. The van der Waals surface area contributed by atoms with Crippen molar-refractivity contribution >= 4 is 48.7 Å². The number of hydrogen-bond acceptors (Lipinski definition) is 9. The highest BCUT2D eigenvalue weighted by atomic mass is 32.2. The zero-order chi connectivity index (χ0) is 46.8. The third-order valence-electron chi connectivity index (χ3n) is 11.1. The number of rotatable bonds is 17. The zero-order valence-corrected chi connectivity index (χ0v) is 38.1. The predicted octanol–water partition coefficient (Wildman–Crippen LogP) is 9.27. The van der Waals surface area contributed by atoms with Gasteiger partial charge in [-0.1, -0.05) is 103 Å². The first kappa shape index (κ1) is 46.8. The van der Waals surface area contributed by atoms with Crippen LogP contribution >= 0.6 is 0 Å². The third kappa shape index (κ3) is 11.4. The van der Waals surface area contributed by atoms with Gasteiger partial charge in [0.1, 0.15) is 22.9 Å². The van der Waals surface area contributed by atoms with Crippen LogP contribution in [0.3, 0.4) is 0 Å². The highest BCUT2D eigenvalue weighted by molar-refractivity contribution is 7.91. The molecule has 0 aromatic heterocycles. The van der Waals surface area contributed by atoms with E-state index in [9.17, 15) is 36.1 Å². The fourth-order valence-electron chi connectivity index (χ4n) is 7.72. The Bertz CT molecular complexity index is 3090. The molecule has 0 amide bonds. The smallest absolute Gasteiger partial charge is 0.312 e. The lowest BCUT2D eigenvalue weighted by Crippen LogP contribution is -2.21. The molecule has 6 aromatic carbocycles. The van der Waals surface area contributed by atoms with Gasteiger partial charge in [-0.15, -0.1) is 0 Å². The molecule has 11 nitrogen and oxygen atoms in total. The lowest BCUT2D eigenvalue weighted by Gasteiger charge is -2.24. The number of ether oxygens (including phenoxy) is 1. The summed E-state index contributed by atoms with van der Waals surface area (Å²) < 4.78 is 70.0. The molecular weight excluding hydrogens is 873 g/mol. The van der Waals surface area contributed by atoms with E-state index in [0.717, 1.165) is 36.1 Å². The molecular formula is C53H49N2O9S2+. The SMILES string of the molecule is CCN(Cc1ccccc1)c1ccc(C(=C2C=CC(=[N+](CC)Cc3cccc(S(=O)(=O)CCC(=O)Oc4ccc(C(=O)c5ccccc5)c(O)c4)c3)C=C2)c2ccccc2S(=O)(=O)O)cc1. The number of esters is 1. The van der Waals surface area contributed by atoms with Crippen molar-refractivity contribution in [3.8, 4) is 11.5 Å². The number of aromatic hydroxyl groups is 1. The maximum atomic E-state index is 13.5. The number of phenols is 1. The number of phenolic OH excluding ortho intramolecular Hbond substituents is 1. The summed E-state index contributed by atoms with van der Waals surface area (Å²) in [5.74, 6) is -2.14. The highest BCUT2D eigenvalue weighted by Gasteiger charge is 2.24. The first-order valence-corrected chi connectivity index (χ1v) is 24.5. The maximum absolute atomic E-state index is 13.5. The summed E-state index contributed by atoms with van der Waals surface area (Å²) in [5, 5.41) is 10.5. The molecule has 2 N–H and O–H groups in total. The molecule has 0 bridgehead atoms. The normalized spacial score (nSPS) is 12.5. The quantitative estimate of drug-likeness (QED) is 0.0297. The van der Waals surface area contributed by atoms with E-state index in [4.69, 9.17) is 4.74 Å². The molecule has 0 saturated carbocycles. The molecule has 1 aliphatic rings. The number of sulfone groups is 1. The van der Waals surface area contributed by atoms with Gasteiger partial charge >= 0.3 is 5.97 Å². The summed E-state index contributed by atoms with van der Waals surface area (Å²) in [5.41, 5.74) is 6.57. The minimum Gasteiger partial charge on any atom is -0.507 e. The number of allylic oxidation sites excluding steroid dienone is 5. The van der Waals surface area contributed by atoms with Crippen LogP contribution in [0.25, 0.3) is 5.57 Å². The number of anilines is 1. The molecule has 13 heteroatoms. The van der Waals surface area contributed by atoms with Gasteiger partial charge in [-0.25, -0.2) is 13.0 Å². The molecule has 1 aliphatic carbocycles. The van der Waals surface area contributed by atoms with Crippen LogP contribution in [-0.4, -0.2) is 67.4 Å². The number of benzene rings is 6. The lowest BCUT2D eigenvalue weighted by molar-refractivity contribution is -0.539. The Morgan fingerprint density at radius 2 is 1.32 bits per heavy atom. The van der Waals surface area contributed by atoms with Crippen molar-refractivity contribution < 1.29 is 45.4 Å². The number of hydrogen-bond donors (Lipinski definition) is 2. The minimum atomic E-state index is -4.58. The molecule has 336 valence electrons. The second-order valence-corrected chi connectivity index (χ2v) is 19.0. The van der Waals surface area contributed by atoms with Gasteiger partial charge in [0.05, 0.1) is 22.6 Å². The number of nitrogens with zero attached hydrogens (tertiary/aromatic N) is 2. The van der Waals surface area contributed by atoms with E-state index < -0.39 is 43.9 Å². The van der Waals surface area contributed by atoms with E-state index in [1.54, 1.807) is 60.7 Å². The number of carbonyl (C=O) groups excluding carboxylic acids is 2. The summed E-state index contributed by atoms with van der Waals surface area (Å²) in [7, 11) is -8.50. The first-order chi connectivity index (χ1) is 31.7. The van der Waals surface area contributed by atoms with E-state index in [1.165, 1.54) is 29.8 Å². The molecule has 0 aliphatic heterocycles. The Morgan fingerprint density at radius 1 is 0.667 bits per heavy atom. The molecule has 6 aromatic rings. The summed E-state index contributed by atoms with van der Waals surface area (Å²) in [6.45, 7) is 6.49. The lowest BCUT2D eigenvalue weighted by atomic mass is 9.90. The molecule has 0 fully saturated rings. The largest absolute Gasteiger partial charge is 0.507 e. The van der Waals surface area contributed by atoms with Crippen molar-refractivity contribution in [2.45, 2.75) is 43.1 Å². The monoisotopic (exact) mass is 921 g/mol. The van der Waals surface area contributed by atoms with E-state index in [0.29, 0.717) is 40.9 Å². The van der Waals surface area contributed by atoms with Crippen molar-refractivity contribution in [2.24, 2.45) is 0 Å². The molecule has 0 atom stereocenters. The Balaban J connectivity index is 1.08. The summed E-state index contributed by atoms with van der Waals surface area (Å²) >= 11 is 0. The van der Waals surface area contributed by atoms with Crippen LogP contribution in [0.15, 0.2) is 191 Å². The van der Waals surface area contributed by atoms with Gasteiger partial charge in [0.2, 0.25) is 0 Å². The van der Waals surface area contributed by atoms with Crippen molar-refractivity contribution in [2.75, 3.05) is 23.7 Å². The van der Waals surface area contributed by atoms with Crippen molar-refractivity contribution in [3.05, 3.63) is 215 Å². The fourth-order valence-corrected chi connectivity index (χ4v) is 9.70. The number of ketones is 1. The van der Waals surface area contributed by atoms with Gasteiger partial charge in [0.25, 0.3) is 10.1 Å². The fraction of sp³-hybridized carbons (Fsp3) is 0.151. The van der Waals surface area contributed by atoms with Crippen molar-refractivity contribution in [1.29, 1.82) is 0 Å². The molecule has 0 radical (unpaired) electrons.